The Labute approximate surface area is 270 Å². The Balaban J connectivity index is 1.37. The molecule has 2 amide bonds. The molecule has 1 aliphatic rings. The number of carbonyl (C=O) groups is 2. The number of halogens is 7. The average molecular weight is 687 g/mol. The van der Waals surface area contributed by atoms with Crippen molar-refractivity contribution in [1.82, 2.24) is 10.6 Å². The number of anilines is 1. The van der Waals surface area contributed by atoms with Crippen molar-refractivity contribution in [3.05, 3.63) is 95.3 Å². The Kier molecular flexibility index (Phi) is 12.2. The lowest BCUT2D eigenvalue weighted by atomic mass is 9.85. The van der Waals surface area contributed by atoms with Crippen LogP contribution >= 0.6 is 0 Å². The first kappa shape index (κ1) is 36.4. The fourth-order valence-electron chi connectivity index (χ4n) is 5.11. The van der Waals surface area contributed by atoms with Gasteiger partial charge in [0, 0.05) is 23.7 Å². The Bertz CT molecular complexity index is 1500. The highest BCUT2D eigenvalue weighted by atomic mass is 19.4. The molecule has 5 N–H and O–H groups in total. The van der Waals surface area contributed by atoms with Crippen molar-refractivity contribution in [3.8, 4) is 5.75 Å². The van der Waals surface area contributed by atoms with Gasteiger partial charge in [-0.05, 0) is 48.2 Å². The van der Waals surface area contributed by atoms with Gasteiger partial charge in [-0.3, -0.25) is 4.79 Å². The minimum Gasteiger partial charge on any atom is -0.448 e. The van der Waals surface area contributed by atoms with Gasteiger partial charge < -0.3 is 35.9 Å². The van der Waals surface area contributed by atoms with E-state index in [1.165, 1.54) is 30.3 Å². The Hall–Kier alpha value is -4.41. The first-order valence-corrected chi connectivity index (χ1v) is 14.8. The van der Waals surface area contributed by atoms with Gasteiger partial charge in [0.05, 0.1) is 24.8 Å². The van der Waals surface area contributed by atoms with Gasteiger partial charge in [0.1, 0.15) is 24.7 Å². The third kappa shape index (κ3) is 11.1. The molecule has 4 atom stereocenters. The van der Waals surface area contributed by atoms with Crippen LogP contribution in [0.15, 0.2) is 72.8 Å². The first-order chi connectivity index (χ1) is 22.7. The summed E-state index contributed by atoms with van der Waals surface area (Å²) in [6, 6.07) is 16.2. The van der Waals surface area contributed by atoms with E-state index in [-0.39, 0.29) is 37.4 Å². The fraction of sp³-hybridized carbons (Fsp3) is 0.375. The van der Waals surface area contributed by atoms with Gasteiger partial charge in [0.25, 0.3) is 0 Å². The molecule has 9 nitrogen and oxygen atoms in total. The molecule has 0 bridgehead atoms. The minimum absolute atomic E-state index is 0.0805. The summed E-state index contributed by atoms with van der Waals surface area (Å²) < 4.78 is 104. The number of alkyl halides is 6. The average Bonchev–Trinajstić information content (AvgIpc) is 3.03. The number of alkyl carbamates (subject to hydrolysis) is 1. The van der Waals surface area contributed by atoms with E-state index in [1.54, 1.807) is 35.6 Å². The molecular weight excluding hydrogens is 653 g/mol. The maximum atomic E-state index is 15.0. The number of morpholine rings is 1. The molecule has 0 saturated carbocycles. The third-order valence-corrected chi connectivity index (χ3v) is 7.40. The van der Waals surface area contributed by atoms with Crippen LogP contribution in [-0.2, 0) is 20.7 Å². The molecule has 0 aromatic heterocycles. The number of ether oxygens (including phenoxy) is 3. The molecule has 1 fully saturated rings. The predicted octanol–water partition coefficient (Wildman–Crippen LogP) is 5.40. The smallest absolute Gasteiger partial charge is 0.448 e. The Morgan fingerprint density at radius 2 is 1.65 bits per heavy atom. The van der Waals surface area contributed by atoms with E-state index in [2.05, 4.69) is 15.4 Å². The molecule has 0 aliphatic carbocycles. The molecular formula is C32H33F7N4O5. The van der Waals surface area contributed by atoms with Crippen LogP contribution < -0.4 is 26.4 Å². The SMILES string of the molecule is N[C@H](C(=O)Nc1cccc(F)c1CC[C@@H]1CN[C@H](COC(=O)NCC(F)(F)F)CO1)C(c1ccccc1)c1ccc(OC(F)(F)F)cc1. The Morgan fingerprint density at radius 3 is 2.27 bits per heavy atom. The number of carbonyl (C=O) groups excluding carboxylic acids is 2. The summed E-state index contributed by atoms with van der Waals surface area (Å²) in [6.45, 7) is -1.38. The Morgan fingerprint density at radius 1 is 0.958 bits per heavy atom. The van der Waals surface area contributed by atoms with Gasteiger partial charge in [0.2, 0.25) is 5.91 Å². The predicted molar refractivity (Wildman–Crippen MR) is 160 cm³/mol. The normalized spacial score (nSPS) is 18.0. The van der Waals surface area contributed by atoms with Crippen LogP contribution in [0, 0.1) is 5.82 Å². The fourth-order valence-corrected chi connectivity index (χ4v) is 5.11. The molecule has 1 unspecified atom stereocenters. The van der Waals surface area contributed by atoms with Gasteiger partial charge in [-0.1, -0.05) is 48.5 Å². The standard InChI is InChI=1S/C32H33F7N4O5/c33-25-7-4-8-26(24(25)14-13-23-15-41-21(16-46-23)17-47-30(45)42-18-31(34,35)36)43-29(44)28(40)27(19-5-2-1-3-6-19)20-9-11-22(12-10-20)48-32(37,38)39/h1-12,21,23,27-28,41H,13-18,40H2,(H,42,45)(H,43,44)/t21-,23+,27?,28-/m0/s1. The second kappa shape index (κ2) is 16.1. The van der Waals surface area contributed by atoms with Crippen LogP contribution in [-0.4, -0.2) is 69.0 Å². The number of hydrogen-bond donors (Lipinski definition) is 4. The number of rotatable bonds is 12. The summed E-state index contributed by atoms with van der Waals surface area (Å²) in [6.07, 6.45) is -10.6. The molecule has 4 rings (SSSR count). The third-order valence-electron chi connectivity index (χ3n) is 7.40. The highest BCUT2D eigenvalue weighted by molar-refractivity contribution is 5.96. The molecule has 16 heteroatoms. The number of hydrogen-bond acceptors (Lipinski definition) is 7. The van der Waals surface area contributed by atoms with Crippen molar-refractivity contribution >= 4 is 17.7 Å². The highest BCUT2D eigenvalue weighted by Crippen LogP contribution is 2.31. The lowest BCUT2D eigenvalue weighted by Crippen LogP contribution is -2.49. The maximum absolute atomic E-state index is 15.0. The van der Waals surface area contributed by atoms with Crippen molar-refractivity contribution in [2.75, 3.05) is 31.6 Å². The second-order valence-electron chi connectivity index (χ2n) is 11.0. The number of nitrogens with two attached hydrogens (primary N) is 1. The highest BCUT2D eigenvalue weighted by Gasteiger charge is 2.33. The van der Waals surface area contributed by atoms with Crippen LogP contribution in [0.2, 0.25) is 0 Å². The summed E-state index contributed by atoms with van der Waals surface area (Å²) in [5, 5.41) is 7.37. The number of amides is 2. The van der Waals surface area contributed by atoms with E-state index in [1.807, 2.05) is 0 Å². The van der Waals surface area contributed by atoms with E-state index in [4.69, 9.17) is 15.2 Å². The van der Waals surface area contributed by atoms with Crippen LogP contribution in [0.3, 0.4) is 0 Å². The minimum atomic E-state index is -4.87. The van der Waals surface area contributed by atoms with Crippen LogP contribution in [0.4, 0.5) is 41.2 Å². The van der Waals surface area contributed by atoms with Crippen molar-refractivity contribution in [3.63, 3.8) is 0 Å². The van der Waals surface area contributed by atoms with E-state index in [0.717, 1.165) is 12.1 Å². The van der Waals surface area contributed by atoms with Crippen LogP contribution in [0.1, 0.15) is 29.0 Å². The van der Waals surface area contributed by atoms with Crippen LogP contribution in [0.25, 0.3) is 0 Å². The van der Waals surface area contributed by atoms with Crippen molar-refractivity contribution in [2.24, 2.45) is 5.73 Å². The van der Waals surface area contributed by atoms with E-state index < -0.39 is 66.8 Å². The van der Waals surface area contributed by atoms with Crippen LogP contribution in [0.5, 0.6) is 5.75 Å². The number of benzene rings is 3. The summed E-state index contributed by atoms with van der Waals surface area (Å²) in [4.78, 5) is 25.0. The largest absolute Gasteiger partial charge is 0.573 e. The molecule has 1 aliphatic heterocycles. The number of nitrogens with one attached hydrogen (secondary N) is 3. The zero-order valence-corrected chi connectivity index (χ0v) is 25.2. The maximum Gasteiger partial charge on any atom is 0.573 e. The van der Waals surface area contributed by atoms with E-state index >= 15 is 4.39 Å². The molecule has 3 aromatic rings. The van der Waals surface area contributed by atoms with Crippen molar-refractivity contribution in [1.29, 1.82) is 0 Å². The topological polar surface area (TPSA) is 124 Å². The molecule has 1 heterocycles. The van der Waals surface area contributed by atoms with Gasteiger partial charge >= 0.3 is 18.6 Å². The van der Waals surface area contributed by atoms with Crippen molar-refractivity contribution < 1.29 is 54.5 Å². The van der Waals surface area contributed by atoms with Gasteiger partial charge in [-0.25, -0.2) is 9.18 Å². The van der Waals surface area contributed by atoms with Gasteiger partial charge in [0.15, 0.2) is 0 Å². The summed E-state index contributed by atoms with van der Waals surface area (Å²) in [5.74, 6) is -2.46. The molecule has 0 radical (unpaired) electrons. The second-order valence-corrected chi connectivity index (χ2v) is 11.0. The molecule has 260 valence electrons. The van der Waals surface area contributed by atoms with E-state index in [9.17, 15) is 35.9 Å². The zero-order valence-electron chi connectivity index (χ0n) is 25.2. The molecule has 3 aromatic carbocycles. The van der Waals surface area contributed by atoms with E-state index in [0.29, 0.717) is 17.5 Å². The first-order valence-electron chi connectivity index (χ1n) is 14.8. The molecule has 0 spiro atoms. The molecule has 48 heavy (non-hydrogen) atoms. The summed E-state index contributed by atoms with van der Waals surface area (Å²) in [5.41, 5.74) is 7.90. The molecule has 1 saturated heterocycles. The lowest BCUT2D eigenvalue weighted by molar-refractivity contribution is -0.274. The van der Waals surface area contributed by atoms with Crippen molar-refractivity contribution in [2.45, 2.75) is 49.5 Å². The lowest BCUT2D eigenvalue weighted by Gasteiger charge is -2.30. The monoisotopic (exact) mass is 686 g/mol. The van der Waals surface area contributed by atoms with Gasteiger partial charge in [-0.15, -0.1) is 13.2 Å². The summed E-state index contributed by atoms with van der Waals surface area (Å²) >= 11 is 0. The quantitative estimate of drug-likeness (QED) is 0.188. The zero-order chi connectivity index (χ0) is 34.9. The van der Waals surface area contributed by atoms with Gasteiger partial charge in [-0.2, -0.15) is 13.2 Å². The summed E-state index contributed by atoms with van der Waals surface area (Å²) in [7, 11) is 0.